The van der Waals surface area contributed by atoms with Crippen LogP contribution in [-0.4, -0.2) is 21.3 Å². The van der Waals surface area contributed by atoms with Gasteiger partial charge >= 0.3 is 0 Å². The molecule has 1 aromatic heterocycles. The lowest BCUT2D eigenvalue weighted by molar-refractivity contribution is 0.421. The highest BCUT2D eigenvalue weighted by Crippen LogP contribution is 2.28. The van der Waals surface area contributed by atoms with Crippen LogP contribution < -0.4 is 5.32 Å². The predicted octanol–water partition coefficient (Wildman–Crippen LogP) is 3.67. The largest absolute Gasteiger partial charge is 0.385 e. The van der Waals surface area contributed by atoms with Crippen LogP contribution in [0.4, 0.5) is 5.69 Å². The third kappa shape index (κ3) is 3.51. The Hall–Kier alpha value is -2.10. The van der Waals surface area contributed by atoms with Gasteiger partial charge in [-0.3, -0.25) is 4.57 Å². The second kappa shape index (κ2) is 6.12. The van der Waals surface area contributed by atoms with Crippen molar-refractivity contribution in [2.75, 3.05) is 11.9 Å². The number of nitrogens with zero attached hydrogens (tertiary/aromatic N) is 3. The topological polar surface area (TPSA) is 42.7 Å². The maximum absolute atomic E-state index is 3.85. The highest BCUT2D eigenvalue weighted by molar-refractivity contribution is 5.51. The Labute approximate surface area is 125 Å². The summed E-state index contributed by atoms with van der Waals surface area (Å²) in [6.45, 7) is 5.58. The number of allylic oxidation sites excluding steroid dienone is 2. The zero-order chi connectivity index (χ0) is 14.7. The number of hydrogen-bond acceptors (Lipinski definition) is 3. The van der Waals surface area contributed by atoms with Gasteiger partial charge in [0.25, 0.3) is 0 Å². The maximum Gasteiger partial charge on any atom is 0.123 e. The van der Waals surface area contributed by atoms with Crippen molar-refractivity contribution in [1.29, 1.82) is 0 Å². The van der Waals surface area contributed by atoms with Crippen LogP contribution in [0.15, 0.2) is 48.6 Å². The van der Waals surface area contributed by atoms with Gasteiger partial charge in [0.1, 0.15) is 12.7 Å². The molecule has 0 radical (unpaired) electrons. The Morgan fingerprint density at radius 3 is 2.86 bits per heavy atom. The molecule has 4 heteroatoms. The molecule has 0 amide bonds. The molecule has 0 spiro atoms. The van der Waals surface area contributed by atoms with Crippen molar-refractivity contribution >= 4 is 5.69 Å². The third-order valence-electron chi connectivity index (χ3n) is 4.04. The van der Waals surface area contributed by atoms with Gasteiger partial charge in [-0.2, -0.15) is 0 Å². The molecule has 3 rings (SSSR count). The predicted molar refractivity (Wildman–Crippen MR) is 85.5 cm³/mol. The third-order valence-corrected chi connectivity index (χ3v) is 4.04. The first-order valence-electron chi connectivity index (χ1n) is 7.57. The van der Waals surface area contributed by atoms with E-state index in [2.05, 4.69) is 59.7 Å². The number of rotatable bonds is 4. The fourth-order valence-corrected chi connectivity index (χ4v) is 3.21. The van der Waals surface area contributed by atoms with Gasteiger partial charge < -0.3 is 5.32 Å². The molecular formula is C17H22N4. The first-order chi connectivity index (χ1) is 10.2. The lowest BCUT2D eigenvalue weighted by Gasteiger charge is -2.26. The number of hydrogen-bond donors (Lipinski definition) is 1. The van der Waals surface area contributed by atoms with Gasteiger partial charge in [0, 0.05) is 12.2 Å². The lowest BCUT2D eigenvalue weighted by atomic mass is 9.84. The van der Waals surface area contributed by atoms with Gasteiger partial charge in [0.2, 0.25) is 0 Å². The summed E-state index contributed by atoms with van der Waals surface area (Å²) in [7, 11) is 0. The van der Waals surface area contributed by atoms with Gasteiger partial charge in [-0.15, -0.1) is 10.2 Å². The van der Waals surface area contributed by atoms with Gasteiger partial charge in [-0.1, -0.05) is 24.6 Å². The molecule has 0 fully saturated rings. The van der Waals surface area contributed by atoms with Gasteiger partial charge in [0.15, 0.2) is 0 Å². The van der Waals surface area contributed by atoms with Gasteiger partial charge in [-0.05, 0) is 49.8 Å². The van der Waals surface area contributed by atoms with Crippen molar-refractivity contribution in [2.24, 2.45) is 11.8 Å². The summed E-state index contributed by atoms with van der Waals surface area (Å²) < 4.78 is 1.92. The molecule has 0 saturated carbocycles. The average Bonchev–Trinajstić information content (AvgIpc) is 2.99. The van der Waals surface area contributed by atoms with Crippen molar-refractivity contribution in [1.82, 2.24) is 14.8 Å². The summed E-state index contributed by atoms with van der Waals surface area (Å²) in [5.41, 5.74) is 3.76. The first-order valence-corrected chi connectivity index (χ1v) is 7.57. The number of aromatic nitrogens is 3. The molecule has 1 heterocycles. The summed E-state index contributed by atoms with van der Waals surface area (Å²) in [4.78, 5) is 0. The minimum absolute atomic E-state index is 0.703. The van der Waals surface area contributed by atoms with Crippen LogP contribution in [0.1, 0.15) is 26.7 Å². The molecule has 1 aromatic carbocycles. The SMILES string of the molecule is CC1=CC(C)CC(CNc2cccc(-n3cnnc3)c2)C1. The van der Waals surface area contributed by atoms with Gasteiger partial charge in [0.05, 0.1) is 5.69 Å². The molecule has 21 heavy (non-hydrogen) atoms. The van der Waals surface area contributed by atoms with Crippen LogP contribution in [0.5, 0.6) is 0 Å². The van der Waals surface area contributed by atoms with Crippen LogP contribution in [-0.2, 0) is 0 Å². The Morgan fingerprint density at radius 2 is 2.10 bits per heavy atom. The minimum atomic E-state index is 0.703. The van der Waals surface area contributed by atoms with E-state index in [1.165, 1.54) is 18.4 Å². The lowest BCUT2D eigenvalue weighted by Crippen LogP contribution is -2.20. The number of nitrogens with one attached hydrogen (secondary N) is 1. The molecule has 2 aromatic rings. The van der Waals surface area contributed by atoms with Crippen LogP contribution in [0.3, 0.4) is 0 Å². The molecule has 2 atom stereocenters. The molecule has 0 aliphatic heterocycles. The van der Waals surface area contributed by atoms with E-state index < -0.39 is 0 Å². The fourth-order valence-electron chi connectivity index (χ4n) is 3.21. The number of anilines is 1. The fraction of sp³-hybridized carbons (Fsp3) is 0.412. The van der Waals surface area contributed by atoms with Crippen LogP contribution in [0.2, 0.25) is 0 Å². The van der Waals surface area contributed by atoms with E-state index in [0.29, 0.717) is 5.92 Å². The summed E-state index contributed by atoms with van der Waals surface area (Å²) in [6.07, 6.45) is 8.33. The highest BCUT2D eigenvalue weighted by atomic mass is 15.2. The quantitative estimate of drug-likeness (QED) is 0.870. The van der Waals surface area contributed by atoms with Crippen LogP contribution in [0, 0.1) is 11.8 Å². The van der Waals surface area contributed by atoms with E-state index in [0.717, 1.165) is 23.8 Å². The van der Waals surface area contributed by atoms with Crippen LogP contribution >= 0.6 is 0 Å². The normalized spacial score (nSPS) is 21.9. The molecule has 2 unspecified atom stereocenters. The number of benzene rings is 1. The smallest absolute Gasteiger partial charge is 0.123 e. The van der Waals surface area contributed by atoms with E-state index in [9.17, 15) is 0 Å². The first kappa shape index (κ1) is 13.9. The van der Waals surface area contributed by atoms with E-state index in [-0.39, 0.29) is 0 Å². The second-order valence-electron chi connectivity index (χ2n) is 6.10. The second-order valence-corrected chi connectivity index (χ2v) is 6.10. The maximum atomic E-state index is 3.85. The van der Waals surface area contributed by atoms with Crippen LogP contribution in [0.25, 0.3) is 5.69 Å². The van der Waals surface area contributed by atoms with Crippen molar-refractivity contribution in [2.45, 2.75) is 26.7 Å². The van der Waals surface area contributed by atoms with E-state index in [1.807, 2.05) is 4.57 Å². The molecule has 0 saturated heterocycles. The minimum Gasteiger partial charge on any atom is -0.385 e. The summed E-state index contributed by atoms with van der Waals surface area (Å²) >= 11 is 0. The summed E-state index contributed by atoms with van der Waals surface area (Å²) in [5.74, 6) is 1.43. The molecule has 0 bridgehead atoms. The van der Waals surface area contributed by atoms with Crippen molar-refractivity contribution in [3.63, 3.8) is 0 Å². The zero-order valence-electron chi connectivity index (χ0n) is 12.7. The molecule has 4 nitrogen and oxygen atoms in total. The van der Waals surface area contributed by atoms with Crippen molar-refractivity contribution in [3.8, 4) is 5.69 Å². The monoisotopic (exact) mass is 282 g/mol. The molecule has 1 N–H and O–H groups in total. The van der Waals surface area contributed by atoms with Crippen molar-refractivity contribution in [3.05, 3.63) is 48.6 Å². The molecular weight excluding hydrogens is 260 g/mol. The van der Waals surface area contributed by atoms with Crippen molar-refractivity contribution < 1.29 is 0 Å². The summed E-state index contributed by atoms with van der Waals surface area (Å²) in [5, 5.41) is 11.3. The standard InChI is InChI=1S/C17H22N4/c1-13-6-14(2)8-15(7-13)10-18-16-4-3-5-17(9-16)21-11-19-20-12-21/h3-6,9,11-13,15,18H,7-8,10H2,1-2H3. The van der Waals surface area contributed by atoms with E-state index >= 15 is 0 Å². The van der Waals surface area contributed by atoms with E-state index in [4.69, 9.17) is 0 Å². The Morgan fingerprint density at radius 1 is 1.29 bits per heavy atom. The average molecular weight is 282 g/mol. The zero-order valence-corrected chi connectivity index (χ0v) is 12.7. The summed E-state index contributed by atoms with van der Waals surface area (Å²) in [6, 6.07) is 8.37. The Kier molecular flexibility index (Phi) is 4.04. The van der Waals surface area contributed by atoms with E-state index in [1.54, 1.807) is 12.7 Å². The van der Waals surface area contributed by atoms with Gasteiger partial charge in [-0.25, -0.2) is 0 Å². The molecule has 1 aliphatic carbocycles. The highest BCUT2D eigenvalue weighted by Gasteiger charge is 2.17. The Balaban J connectivity index is 1.63. The molecule has 110 valence electrons. The molecule has 1 aliphatic rings. The Bertz CT molecular complexity index is 615.